The molecule has 1 rings (SSSR count). The topological polar surface area (TPSA) is 0 Å². The number of hydrogen-bond acceptors (Lipinski definition) is 0. The lowest BCUT2D eigenvalue weighted by molar-refractivity contribution is 1.02. The van der Waals surface area contributed by atoms with E-state index in [-0.39, 0.29) is 0 Å². The molecule has 0 bridgehead atoms. The van der Waals surface area contributed by atoms with Crippen LogP contribution in [-0.4, -0.2) is 0 Å². The zero-order valence-electron chi connectivity index (χ0n) is 7.29. The molecule has 0 amide bonds. The van der Waals surface area contributed by atoms with Crippen molar-refractivity contribution in [2.45, 2.75) is 12.8 Å². The van der Waals surface area contributed by atoms with Gasteiger partial charge in [0.25, 0.3) is 0 Å². The van der Waals surface area contributed by atoms with E-state index in [0.717, 1.165) is 18.4 Å². The van der Waals surface area contributed by atoms with Crippen LogP contribution in [0.4, 0.5) is 0 Å². The first kappa shape index (κ1) is 8.79. The summed E-state index contributed by atoms with van der Waals surface area (Å²) in [7, 11) is 0. The van der Waals surface area contributed by atoms with E-state index >= 15 is 0 Å². The quantitative estimate of drug-likeness (QED) is 0.551. The first-order valence-electron chi connectivity index (χ1n) is 4.20. The Labute approximate surface area is 74.3 Å². The summed E-state index contributed by atoms with van der Waals surface area (Å²) in [6.45, 7) is 7.43. The van der Waals surface area contributed by atoms with Crippen LogP contribution >= 0.6 is 0 Å². The fourth-order valence-electron chi connectivity index (χ4n) is 1.24. The molecule has 0 aliphatic heterocycles. The second-order valence-electron chi connectivity index (χ2n) is 2.70. The lowest BCUT2D eigenvalue weighted by atomic mass is 9.99. The molecule has 0 saturated heterocycles. The number of rotatable bonds is 3. The van der Waals surface area contributed by atoms with E-state index in [0.29, 0.717) is 0 Å². The standard InChI is InChI=1S/C12H14/c1-3-8-11(4-2)12-9-6-5-7-10-12/h3-4,6,8-10H,1-2,5,7H2/b11-8+. The molecule has 0 aromatic carbocycles. The van der Waals surface area contributed by atoms with Gasteiger partial charge < -0.3 is 0 Å². The highest BCUT2D eigenvalue weighted by atomic mass is 14.0. The van der Waals surface area contributed by atoms with Crippen molar-refractivity contribution in [1.82, 2.24) is 0 Å². The van der Waals surface area contributed by atoms with Crippen LogP contribution in [0.3, 0.4) is 0 Å². The fourth-order valence-corrected chi connectivity index (χ4v) is 1.24. The first-order chi connectivity index (χ1) is 5.88. The predicted molar refractivity (Wildman–Crippen MR) is 54.9 cm³/mol. The molecule has 0 unspecified atom stereocenters. The molecule has 0 heteroatoms. The number of allylic oxidation sites excluding steroid dienone is 8. The Hall–Kier alpha value is -1.30. The molecular weight excluding hydrogens is 144 g/mol. The van der Waals surface area contributed by atoms with Gasteiger partial charge >= 0.3 is 0 Å². The average Bonchev–Trinajstić information content (AvgIpc) is 2.15. The molecular formula is C12H14. The molecule has 1 aliphatic rings. The Balaban J connectivity index is 2.85. The first-order valence-corrected chi connectivity index (χ1v) is 4.20. The van der Waals surface area contributed by atoms with Crippen molar-refractivity contribution in [1.29, 1.82) is 0 Å². The van der Waals surface area contributed by atoms with Gasteiger partial charge in [-0.3, -0.25) is 0 Å². The highest BCUT2D eigenvalue weighted by Crippen LogP contribution is 2.18. The van der Waals surface area contributed by atoms with Gasteiger partial charge in [-0.2, -0.15) is 0 Å². The van der Waals surface area contributed by atoms with Gasteiger partial charge in [-0.25, -0.2) is 0 Å². The summed E-state index contributed by atoms with van der Waals surface area (Å²) < 4.78 is 0. The molecule has 0 atom stereocenters. The molecule has 62 valence electrons. The molecule has 0 aromatic rings. The summed E-state index contributed by atoms with van der Waals surface area (Å²) in [6, 6.07) is 0. The second-order valence-corrected chi connectivity index (χ2v) is 2.70. The lowest BCUT2D eigenvalue weighted by Gasteiger charge is -2.06. The van der Waals surface area contributed by atoms with Crippen molar-refractivity contribution in [2.75, 3.05) is 0 Å². The van der Waals surface area contributed by atoms with Gasteiger partial charge in [0.15, 0.2) is 0 Å². The highest BCUT2D eigenvalue weighted by molar-refractivity contribution is 5.48. The fraction of sp³-hybridized carbons (Fsp3) is 0.167. The van der Waals surface area contributed by atoms with Crippen molar-refractivity contribution in [3.63, 3.8) is 0 Å². The van der Waals surface area contributed by atoms with Crippen molar-refractivity contribution < 1.29 is 0 Å². The third-order valence-corrected chi connectivity index (χ3v) is 1.85. The van der Waals surface area contributed by atoms with Gasteiger partial charge in [0.1, 0.15) is 0 Å². The molecule has 0 saturated carbocycles. The van der Waals surface area contributed by atoms with Crippen molar-refractivity contribution in [2.24, 2.45) is 0 Å². The maximum Gasteiger partial charge on any atom is -0.0193 e. The molecule has 12 heavy (non-hydrogen) atoms. The zero-order chi connectivity index (χ0) is 8.81. The van der Waals surface area contributed by atoms with Crippen LogP contribution in [0.15, 0.2) is 60.8 Å². The molecule has 0 heterocycles. The Morgan fingerprint density at radius 1 is 1.33 bits per heavy atom. The molecule has 0 N–H and O–H groups in total. The summed E-state index contributed by atoms with van der Waals surface area (Å²) in [5.74, 6) is 0. The van der Waals surface area contributed by atoms with Crippen molar-refractivity contribution in [3.05, 3.63) is 60.8 Å². The normalized spacial score (nSPS) is 17.0. The molecule has 0 spiro atoms. The van der Waals surface area contributed by atoms with Crippen LogP contribution in [0.5, 0.6) is 0 Å². The van der Waals surface area contributed by atoms with Crippen LogP contribution in [0.25, 0.3) is 0 Å². The average molecular weight is 158 g/mol. The molecule has 0 fully saturated rings. The van der Waals surface area contributed by atoms with Gasteiger partial charge in [0, 0.05) is 0 Å². The summed E-state index contributed by atoms with van der Waals surface area (Å²) in [5.41, 5.74) is 2.41. The van der Waals surface area contributed by atoms with Crippen LogP contribution in [0.1, 0.15) is 12.8 Å². The largest absolute Gasteiger partial charge is 0.0990 e. The van der Waals surface area contributed by atoms with E-state index in [1.165, 1.54) is 5.57 Å². The van der Waals surface area contributed by atoms with E-state index in [4.69, 9.17) is 0 Å². The number of hydrogen-bond donors (Lipinski definition) is 0. The van der Waals surface area contributed by atoms with Gasteiger partial charge in [-0.15, -0.1) is 0 Å². The van der Waals surface area contributed by atoms with E-state index < -0.39 is 0 Å². The maximum atomic E-state index is 3.76. The summed E-state index contributed by atoms with van der Waals surface area (Å²) in [6.07, 6.45) is 14.5. The predicted octanol–water partition coefficient (Wildman–Crippen LogP) is 3.56. The maximum absolute atomic E-state index is 3.76. The van der Waals surface area contributed by atoms with Crippen LogP contribution < -0.4 is 0 Å². The van der Waals surface area contributed by atoms with E-state index in [1.54, 1.807) is 6.08 Å². The zero-order valence-corrected chi connectivity index (χ0v) is 7.29. The minimum atomic E-state index is 1.13. The van der Waals surface area contributed by atoms with Crippen LogP contribution in [0.2, 0.25) is 0 Å². The highest BCUT2D eigenvalue weighted by Gasteiger charge is 1.98. The Morgan fingerprint density at radius 2 is 2.17 bits per heavy atom. The van der Waals surface area contributed by atoms with Gasteiger partial charge in [0.05, 0.1) is 0 Å². The van der Waals surface area contributed by atoms with Gasteiger partial charge in [-0.05, 0) is 24.0 Å². The summed E-state index contributed by atoms with van der Waals surface area (Å²) >= 11 is 0. The van der Waals surface area contributed by atoms with Gasteiger partial charge in [-0.1, -0.05) is 49.6 Å². The smallest absolute Gasteiger partial charge is 0.0193 e. The molecule has 0 radical (unpaired) electrons. The summed E-state index contributed by atoms with van der Waals surface area (Å²) in [5, 5.41) is 0. The minimum absolute atomic E-state index is 1.13. The summed E-state index contributed by atoms with van der Waals surface area (Å²) in [4.78, 5) is 0. The monoisotopic (exact) mass is 158 g/mol. The Morgan fingerprint density at radius 3 is 2.67 bits per heavy atom. The molecule has 1 aliphatic carbocycles. The Bertz CT molecular complexity index is 262. The Kier molecular flexibility index (Phi) is 3.34. The third kappa shape index (κ3) is 2.09. The van der Waals surface area contributed by atoms with E-state index in [9.17, 15) is 0 Å². The van der Waals surface area contributed by atoms with E-state index in [1.807, 2.05) is 12.2 Å². The van der Waals surface area contributed by atoms with Crippen LogP contribution in [-0.2, 0) is 0 Å². The molecule has 0 nitrogen and oxygen atoms in total. The lowest BCUT2D eigenvalue weighted by Crippen LogP contribution is -1.87. The second kappa shape index (κ2) is 4.55. The van der Waals surface area contributed by atoms with E-state index in [2.05, 4.69) is 31.4 Å². The minimum Gasteiger partial charge on any atom is -0.0990 e. The SMILES string of the molecule is C=C/C=C(\C=C)C1=CCCC=C1. The van der Waals surface area contributed by atoms with Gasteiger partial charge in [0.2, 0.25) is 0 Å². The molecule has 0 aromatic heterocycles. The van der Waals surface area contributed by atoms with Crippen molar-refractivity contribution >= 4 is 0 Å². The van der Waals surface area contributed by atoms with Crippen molar-refractivity contribution in [3.8, 4) is 0 Å². The van der Waals surface area contributed by atoms with Crippen LogP contribution in [0, 0.1) is 0 Å². The third-order valence-electron chi connectivity index (χ3n) is 1.85.